The lowest BCUT2D eigenvalue weighted by Crippen LogP contribution is -2.29. The van der Waals surface area contributed by atoms with Gasteiger partial charge in [-0.15, -0.1) is 5.10 Å². The number of halogens is 1. The molecule has 1 N–H and O–H groups in total. The number of nitrogens with zero attached hydrogens (tertiary/aromatic N) is 3. The molecule has 1 saturated heterocycles. The molecule has 6 heteroatoms. The third kappa shape index (κ3) is 3.93. The van der Waals surface area contributed by atoms with Crippen LogP contribution in [0.5, 0.6) is 0 Å². The van der Waals surface area contributed by atoms with Crippen molar-refractivity contribution in [3.8, 4) is 5.69 Å². The van der Waals surface area contributed by atoms with Crippen LogP contribution in [0.3, 0.4) is 0 Å². The molecule has 1 aliphatic rings. The van der Waals surface area contributed by atoms with Crippen molar-refractivity contribution < 1.29 is 9.18 Å². The highest BCUT2D eigenvalue weighted by Gasteiger charge is 2.28. The summed E-state index contributed by atoms with van der Waals surface area (Å²) >= 11 is 0. The topological polar surface area (TPSA) is 50.2 Å². The smallest absolute Gasteiger partial charge is 0.256 e. The lowest BCUT2D eigenvalue weighted by molar-refractivity contribution is 0.102. The highest BCUT2D eigenvalue weighted by atomic mass is 19.1. The van der Waals surface area contributed by atoms with Crippen LogP contribution in [-0.4, -0.2) is 40.7 Å². The lowest BCUT2D eigenvalue weighted by Gasteiger charge is -2.29. The number of likely N-dealkylation sites (tertiary alicyclic amines) is 1. The fourth-order valence-electron chi connectivity index (χ4n) is 4.02. The van der Waals surface area contributed by atoms with Gasteiger partial charge in [0, 0.05) is 16.8 Å². The van der Waals surface area contributed by atoms with E-state index in [0.717, 1.165) is 37.2 Å². The van der Waals surface area contributed by atoms with E-state index in [-0.39, 0.29) is 17.6 Å². The number of aromatic nitrogens is 2. The zero-order valence-corrected chi connectivity index (χ0v) is 16.7. The summed E-state index contributed by atoms with van der Waals surface area (Å²) < 4.78 is 16.1. The van der Waals surface area contributed by atoms with Gasteiger partial charge in [-0.05, 0) is 70.1 Å². The Bertz CT molecular complexity index is 1010. The van der Waals surface area contributed by atoms with Crippen LogP contribution in [0.2, 0.25) is 0 Å². The zero-order valence-electron chi connectivity index (χ0n) is 16.7. The van der Waals surface area contributed by atoms with E-state index in [2.05, 4.69) is 22.4 Å². The molecule has 0 spiro atoms. The molecule has 4 rings (SSSR count). The van der Waals surface area contributed by atoms with Crippen molar-refractivity contribution in [1.29, 1.82) is 0 Å². The van der Waals surface area contributed by atoms with E-state index in [4.69, 9.17) is 0 Å². The molecule has 0 aliphatic carbocycles. The first-order chi connectivity index (χ1) is 14.0. The molecule has 1 fully saturated rings. The first-order valence-corrected chi connectivity index (χ1v) is 9.94. The van der Waals surface area contributed by atoms with Gasteiger partial charge in [0.15, 0.2) is 5.82 Å². The Hall–Kier alpha value is -2.99. The molecule has 5 nitrogen and oxygen atoms in total. The minimum atomic E-state index is -0.339. The lowest BCUT2D eigenvalue weighted by atomic mass is 9.89. The molecular weight excluding hydrogens is 367 g/mol. The molecule has 2 aromatic carbocycles. The van der Waals surface area contributed by atoms with Gasteiger partial charge in [-0.1, -0.05) is 30.3 Å². The zero-order chi connectivity index (χ0) is 20.4. The second-order valence-electron chi connectivity index (χ2n) is 7.61. The van der Waals surface area contributed by atoms with Gasteiger partial charge in [-0.2, -0.15) is 0 Å². The highest BCUT2D eigenvalue weighted by molar-refractivity contribution is 6.04. The van der Waals surface area contributed by atoms with E-state index in [1.165, 1.54) is 6.07 Å². The van der Waals surface area contributed by atoms with Crippen molar-refractivity contribution in [2.24, 2.45) is 0 Å². The van der Waals surface area contributed by atoms with Crippen molar-refractivity contribution in [2.45, 2.75) is 25.7 Å². The standard InChI is InChI=1S/C23H25FN4O/c1-16-21(17-12-14-27(2)15-13-17)22(25-23(29)18-8-4-3-5-9-18)26-28(16)20-11-7-6-10-19(20)24/h3-11,17H,12-15H2,1-2H3,(H,25,26,29). The number of nitrogens with one attached hydrogen (secondary N) is 1. The molecule has 0 radical (unpaired) electrons. The predicted molar refractivity (Wildman–Crippen MR) is 112 cm³/mol. The quantitative estimate of drug-likeness (QED) is 0.717. The van der Waals surface area contributed by atoms with Gasteiger partial charge in [-0.25, -0.2) is 9.07 Å². The normalized spacial score (nSPS) is 15.4. The van der Waals surface area contributed by atoms with Crippen LogP contribution in [0.25, 0.3) is 5.69 Å². The summed E-state index contributed by atoms with van der Waals surface area (Å²) in [6.45, 7) is 3.92. The van der Waals surface area contributed by atoms with E-state index in [1.807, 2.05) is 25.1 Å². The Balaban J connectivity index is 1.75. The van der Waals surface area contributed by atoms with Crippen molar-refractivity contribution in [2.75, 3.05) is 25.5 Å². The molecule has 0 saturated carbocycles. The number of amides is 1. The Labute approximate surface area is 170 Å². The average Bonchev–Trinajstić information content (AvgIpc) is 3.05. The van der Waals surface area contributed by atoms with Crippen LogP contribution >= 0.6 is 0 Å². The number of rotatable bonds is 4. The number of anilines is 1. The summed E-state index contributed by atoms with van der Waals surface area (Å²) in [6, 6.07) is 15.6. The van der Waals surface area contributed by atoms with Crippen molar-refractivity contribution in [3.05, 3.63) is 77.2 Å². The van der Waals surface area contributed by atoms with Crippen LogP contribution in [0.4, 0.5) is 10.2 Å². The molecule has 29 heavy (non-hydrogen) atoms. The molecule has 1 amide bonds. The first-order valence-electron chi connectivity index (χ1n) is 9.94. The Morgan fingerprint density at radius 2 is 1.72 bits per heavy atom. The summed E-state index contributed by atoms with van der Waals surface area (Å²) in [5, 5.41) is 7.61. The number of hydrogen-bond donors (Lipinski definition) is 1. The van der Waals surface area contributed by atoms with E-state index >= 15 is 0 Å². The van der Waals surface area contributed by atoms with E-state index < -0.39 is 0 Å². The number of carbonyl (C=O) groups excluding carboxylic acids is 1. The van der Waals surface area contributed by atoms with Crippen molar-refractivity contribution in [3.63, 3.8) is 0 Å². The molecule has 3 aromatic rings. The predicted octanol–water partition coefficient (Wildman–Crippen LogP) is 4.38. The molecule has 2 heterocycles. The Kier molecular flexibility index (Phi) is 5.45. The monoisotopic (exact) mass is 392 g/mol. The first kappa shape index (κ1) is 19.3. The average molecular weight is 392 g/mol. The fourth-order valence-corrected chi connectivity index (χ4v) is 4.02. The SMILES string of the molecule is Cc1c(C2CCN(C)CC2)c(NC(=O)c2ccccc2)nn1-c1ccccc1F. The highest BCUT2D eigenvalue weighted by Crippen LogP contribution is 2.36. The molecule has 150 valence electrons. The second kappa shape index (κ2) is 8.17. The number of hydrogen-bond acceptors (Lipinski definition) is 3. The fraction of sp³-hybridized carbons (Fsp3) is 0.304. The van der Waals surface area contributed by atoms with E-state index in [9.17, 15) is 9.18 Å². The van der Waals surface area contributed by atoms with Crippen molar-refractivity contribution in [1.82, 2.24) is 14.7 Å². The number of piperidine rings is 1. The summed E-state index contributed by atoms with van der Waals surface area (Å²) in [4.78, 5) is 15.1. The molecule has 0 bridgehead atoms. The van der Waals surface area contributed by atoms with E-state index in [0.29, 0.717) is 17.1 Å². The largest absolute Gasteiger partial charge is 0.306 e. The molecular formula is C23H25FN4O. The minimum absolute atomic E-state index is 0.210. The third-order valence-electron chi connectivity index (χ3n) is 5.64. The Morgan fingerprint density at radius 3 is 2.41 bits per heavy atom. The maximum absolute atomic E-state index is 14.5. The number of carbonyl (C=O) groups is 1. The number of benzene rings is 2. The second-order valence-corrected chi connectivity index (χ2v) is 7.61. The van der Waals surface area contributed by atoms with Crippen LogP contribution in [0.15, 0.2) is 54.6 Å². The van der Waals surface area contributed by atoms with Crippen molar-refractivity contribution >= 4 is 11.7 Å². The molecule has 0 unspecified atom stereocenters. The molecule has 1 aromatic heterocycles. The number of para-hydroxylation sites is 1. The van der Waals surface area contributed by atoms with Crippen LogP contribution in [0, 0.1) is 12.7 Å². The molecule has 1 aliphatic heterocycles. The van der Waals surface area contributed by atoms with Gasteiger partial charge in [0.25, 0.3) is 5.91 Å². The van der Waals surface area contributed by atoms with E-state index in [1.54, 1.807) is 35.0 Å². The maximum atomic E-state index is 14.5. The maximum Gasteiger partial charge on any atom is 0.256 e. The van der Waals surface area contributed by atoms with Gasteiger partial charge < -0.3 is 10.2 Å². The summed E-state index contributed by atoms with van der Waals surface area (Å²) in [5.74, 6) is 0.249. The van der Waals surface area contributed by atoms with Crippen LogP contribution < -0.4 is 5.32 Å². The van der Waals surface area contributed by atoms with Gasteiger partial charge in [0.1, 0.15) is 11.5 Å². The van der Waals surface area contributed by atoms with Gasteiger partial charge in [-0.3, -0.25) is 4.79 Å². The summed E-state index contributed by atoms with van der Waals surface area (Å²) in [7, 11) is 2.12. The Morgan fingerprint density at radius 1 is 1.07 bits per heavy atom. The molecule has 0 atom stereocenters. The minimum Gasteiger partial charge on any atom is -0.306 e. The third-order valence-corrected chi connectivity index (χ3v) is 5.64. The van der Waals surface area contributed by atoms with Gasteiger partial charge >= 0.3 is 0 Å². The van der Waals surface area contributed by atoms with Crippen LogP contribution in [0.1, 0.15) is 40.4 Å². The van der Waals surface area contributed by atoms with Crippen LogP contribution in [-0.2, 0) is 0 Å². The van der Waals surface area contributed by atoms with Gasteiger partial charge in [0.2, 0.25) is 0 Å². The van der Waals surface area contributed by atoms with Gasteiger partial charge in [0.05, 0.1) is 0 Å². The summed E-state index contributed by atoms with van der Waals surface area (Å²) in [5.41, 5.74) is 2.83. The summed E-state index contributed by atoms with van der Waals surface area (Å²) in [6.07, 6.45) is 1.96.